The Balaban J connectivity index is 0.00000385. The van der Waals surface area contributed by atoms with Crippen molar-refractivity contribution in [2.45, 2.75) is 19.8 Å². The van der Waals surface area contributed by atoms with E-state index in [0.717, 1.165) is 24.5 Å². The fourth-order valence-electron chi connectivity index (χ4n) is 3.00. The van der Waals surface area contributed by atoms with Crippen molar-refractivity contribution in [1.82, 2.24) is 30.7 Å². The Morgan fingerprint density at radius 1 is 1.12 bits per heavy atom. The summed E-state index contributed by atoms with van der Waals surface area (Å²) in [5.74, 6) is 1.72. The number of halogens is 1. The molecule has 0 saturated carbocycles. The summed E-state index contributed by atoms with van der Waals surface area (Å²) in [7, 11) is 3.51. The van der Waals surface area contributed by atoms with Crippen LogP contribution in [-0.2, 0) is 12.8 Å². The van der Waals surface area contributed by atoms with E-state index in [4.69, 9.17) is 4.52 Å². The van der Waals surface area contributed by atoms with Gasteiger partial charge in [-0.15, -0.1) is 24.0 Å². The molecule has 0 atom stereocenters. The molecule has 1 aromatic carbocycles. The van der Waals surface area contributed by atoms with Crippen LogP contribution in [0.1, 0.15) is 28.7 Å². The largest absolute Gasteiger partial charge is 0.357 e. The quantitative estimate of drug-likeness (QED) is 0.234. The third-order valence-electron chi connectivity index (χ3n) is 4.59. The van der Waals surface area contributed by atoms with E-state index in [2.05, 4.69) is 30.8 Å². The molecule has 33 heavy (non-hydrogen) atoms. The van der Waals surface area contributed by atoms with Gasteiger partial charge in [-0.25, -0.2) is 0 Å². The molecular formula is C23H30IN7O2. The fraction of sp³-hybridized carbons (Fsp3) is 0.348. The topological polar surface area (TPSA) is 109 Å². The molecule has 0 unspecified atom stereocenters. The van der Waals surface area contributed by atoms with E-state index in [1.54, 1.807) is 25.2 Å². The van der Waals surface area contributed by atoms with Crippen LogP contribution in [0.15, 0.2) is 58.2 Å². The summed E-state index contributed by atoms with van der Waals surface area (Å²) >= 11 is 0. The number of guanidine groups is 1. The summed E-state index contributed by atoms with van der Waals surface area (Å²) in [6.07, 6.45) is 3.02. The van der Waals surface area contributed by atoms with Gasteiger partial charge in [-0.1, -0.05) is 23.4 Å². The standard InChI is InChI=1S/C23H29N7O2.HI/c1-4-24-23(26-14-11-17-8-7-9-18(16-17)22(31)30(2)3)27-15-12-20-28-21(32-29-20)19-10-5-6-13-25-19;/h5-10,13,16H,4,11-12,14-15H2,1-3H3,(H2,24,26,27);1H. The first-order chi connectivity index (χ1) is 15.6. The van der Waals surface area contributed by atoms with Crippen LogP contribution in [0.2, 0.25) is 0 Å². The smallest absolute Gasteiger partial charge is 0.276 e. The Morgan fingerprint density at radius 2 is 1.97 bits per heavy atom. The lowest BCUT2D eigenvalue weighted by Crippen LogP contribution is -2.38. The first kappa shape index (κ1) is 26.2. The minimum atomic E-state index is 0. The minimum Gasteiger partial charge on any atom is -0.357 e. The molecule has 3 rings (SSSR count). The van der Waals surface area contributed by atoms with Crippen LogP contribution in [-0.4, -0.2) is 65.6 Å². The summed E-state index contributed by atoms with van der Waals surface area (Å²) in [5.41, 5.74) is 2.44. The van der Waals surface area contributed by atoms with Crippen LogP contribution < -0.4 is 10.6 Å². The zero-order chi connectivity index (χ0) is 22.8. The zero-order valence-electron chi connectivity index (χ0n) is 19.1. The average Bonchev–Trinajstić information content (AvgIpc) is 3.28. The molecule has 1 amide bonds. The van der Waals surface area contributed by atoms with Crippen molar-refractivity contribution in [3.05, 3.63) is 65.6 Å². The molecule has 2 heterocycles. The van der Waals surface area contributed by atoms with Crippen LogP contribution in [0.3, 0.4) is 0 Å². The predicted molar refractivity (Wildman–Crippen MR) is 139 cm³/mol. The fourth-order valence-corrected chi connectivity index (χ4v) is 3.00. The number of nitrogens with zero attached hydrogens (tertiary/aromatic N) is 5. The molecule has 10 heteroatoms. The molecule has 0 aliphatic heterocycles. The number of benzene rings is 1. The maximum atomic E-state index is 12.1. The number of hydrogen-bond acceptors (Lipinski definition) is 6. The van der Waals surface area contributed by atoms with Crippen LogP contribution in [0, 0.1) is 0 Å². The molecule has 176 valence electrons. The van der Waals surface area contributed by atoms with Gasteiger partial charge in [0.1, 0.15) is 5.69 Å². The van der Waals surface area contributed by atoms with Gasteiger partial charge >= 0.3 is 0 Å². The van der Waals surface area contributed by atoms with Crippen LogP contribution in [0.5, 0.6) is 0 Å². The van der Waals surface area contributed by atoms with E-state index in [1.807, 2.05) is 49.4 Å². The van der Waals surface area contributed by atoms with E-state index in [0.29, 0.717) is 42.5 Å². The Morgan fingerprint density at radius 3 is 2.70 bits per heavy atom. The zero-order valence-corrected chi connectivity index (χ0v) is 21.4. The lowest BCUT2D eigenvalue weighted by Gasteiger charge is -2.13. The van der Waals surface area contributed by atoms with Gasteiger partial charge < -0.3 is 20.1 Å². The maximum absolute atomic E-state index is 12.1. The molecule has 2 aromatic heterocycles. The number of rotatable bonds is 9. The van der Waals surface area contributed by atoms with Gasteiger partial charge in [0.15, 0.2) is 11.8 Å². The Hall–Kier alpha value is -3.02. The van der Waals surface area contributed by atoms with Gasteiger partial charge in [0, 0.05) is 51.9 Å². The van der Waals surface area contributed by atoms with Crippen molar-refractivity contribution in [1.29, 1.82) is 0 Å². The molecule has 3 aromatic rings. The van der Waals surface area contributed by atoms with Gasteiger partial charge in [-0.3, -0.25) is 14.8 Å². The molecular weight excluding hydrogens is 533 g/mol. The number of pyridine rings is 1. The average molecular weight is 563 g/mol. The number of carbonyl (C=O) groups excluding carboxylic acids is 1. The van der Waals surface area contributed by atoms with E-state index >= 15 is 0 Å². The Bertz CT molecular complexity index is 1040. The Kier molecular flexibility index (Phi) is 10.7. The summed E-state index contributed by atoms with van der Waals surface area (Å²) in [6, 6.07) is 13.2. The Labute approximate surface area is 211 Å². The number of nitrogens with one attached hydrogen (secondary N) is 2. The van der Waals surface area contributed by atoms with E-state index in [9.17, 15) is 4.79 Å². The molecule has 0 aliphatic carbocycles. The third kappa shape index (κ3) is 8.12. The van der Waals surface area contributed by atoms with Crippen molar-refractivity contribution in [2.24, 2.45) is 4.99 Å². The highest BCUT2D eigenvalue weighted by Gasteiger charge is 2.10. The second-order valence-corrected chi connectivity index (χ2v) is 7.32. The maximum Gasteiger partial charge on any atom is 0.276 e. The molecule has 0 radical (unpaired) electrons. The second kappa shape index (κ2) is 13.5. The van der Waals surface area contributed by atoms with Crippen LogP contribution >= 0.6 is 24.0 Å². The van der Waals surface area contributed by atoms with Gasteiger partial charge in [-0.05, 0) is 43.2 Å². The number of amides is 1. The van der Waals surface area contributed by atoms with Crippen molar-refractivity contribution < 1.29 is 9.32 Å². The van der Waals surface area contributed by atoms with Crippen molar-refractivity contribution >= 4 is 35.8 Å². The normalized spacial score (nSPS) is 10.9. The van der Waals surface area contributed by atoms with Crippen LogP contribution in [0.4, 0.5) is 0 Å². The molecule has 2 N–H and O–H groups in total. The summed E-state index contributed by atoms with van der Waals surface area (Å²) in [5, 5.41) is 10.6. The van der Waals surface area contributed by atoms with Crippen molar-refractivity contribution in [2.75, 3.05) is 33.7 Å². The van der Waals surface area contributed by atoms with E-state index in [-0.39, 0.29) is 29.9 Å². The van der Waals surface area contributed by atoms with Crippen molar-refractivity contribution in [3.63, 3.8) is 0 Å². The summed E-state index contributed by atoms with van der Waals surface area (Å²) < 4.78 is 5.28. The molecule has 9 nitrogen and oxygen atoms in total. The first-order valence-electron chi connectivity index (χ1n) is 10.6. The minimum absolute atomic E-state index is 0. The van der Waals surface area contributed by atoms with Gasteiger partial charge in [0.25, 0.3) is 11.8 Å². The molecule has 0 fully saturated rings. The lowest BCUT2D eigenvalue weighted by molar-refractivity contribution is 0.0827. The van der Waals surface area contributed by atoms with Crippen LogP contribution in [0.25, 0.3) is 11.6 Å². The van der Waals surface area contributed by atoms with Gasteiger partial charge in [0.2, 0.25) is 0 Å². The molecule has 0 saturated heterocycles. The number of hydrogen-bond donors (Lipinski definition) is 2. The summed E-state index contributed by atoms with van der Waals surface area (Å²) in [6.45, 7) is 3.98. The first-order valence-corrected chi connectivity index (χ1v) is 10.6. The van der Waals surface area contributed by atoms with Crippen molar-refractivity contribution in [3.8, 4) is 11.6 Å². The highest BCUT2D eigenvalue weighted by atomic mass is 127. The molecule has 0 bridgehead atoms. The third-order valence-corrected chi connectivity index (χ3v) is 4.59. The monoisotopic (exact) mass is 563 g/mol. The number of aromatic nitrogens is 3. The van der Waals surface area contributed by atoms with E-state index < -0.39 is 0 Å². The SMILES string of the molecule is CCNC(=NCCc1noc(-c2ccccn2)n1)NCCc1cccc(C(=O)N(C)C)c1.I. The highest BCUT2D eigenvalue weighted by Crippen LogP contribution is 2.13. The molecule has 0 spiro atoms. The highest BCUT2D eigenvalue weighted by molar-refractivity contribution is 14.0. The molecule has 0 aliphatic rings. The predicted octanol–water partition coefficient (Wildman–Crippen LogP) is 2.79. The summed E-state index contributed by atoms with van der Waals surface area (Å²) in [4.78, 5) is 26.9. The number of aliphatic imine (C=N–C) groups is 1. The van der Waals surface area contributed by atoms with Gasteiger partial charge in [0.05, 0.1) is 0 Å². The number of carbonyl (C=O) groups is 1. The van der Waals surface area contributed by atoms with E-state index in [1.165, 1.54) is 0 Å². The lowest BCUT2D eigenvalue weighted by atomic mass is 10.1. The second-order valence-electron chi connectivity index (χ2n) is 7.32. The van der Waals surface area contributed by atoms with Gasteiger partial charge in [-0.2, -0.15) is 4.98 Å².